The van der Waals surface area contributed by atoms with Crippen LogP contribution in [0.25, 0.3) is 0 Å². The average molecular weight is 550 g/mol. The molecule has 206 valence electrons. The predicted molar refractivity (Wildman–Crippen MR) is 129 cm³/mol. The normalized spacial score (nSPS) is 14.3. The number of benzene rings is 1. The summed E-state index contributed by atoms with van der Waals surface area (Å²) in [4.78, 5) is 42.6. The Kier molecular flexibility index (Phi) is 8.02. The number of aryl methyl sites for hydroxylation is 2. The van der Waals surface area contributed by atoms with Crippen molar-refractivity contribution in [1.82, 2.24) is 30.2 Å². The minimum absolute atomic E-state index is 0.0245. The highest BCUT2D eigenvalue weighted by molar-refractivity contribution is 5.96. The summed E-state index contributed by atoms with van der Waals surface area (Å²) < 4.78 is 66.6. The number of carbonyl (C=O) groups is 2. The maximum absolute atomic E-state index is 13.9. The number of urea groups is 1. The molecule has 3 aromatic rings. The molecule has 4 rings (SSSR count). The molecule has 1 saturated heterocycles. The Hall–Kier alpha value is -4.23. The Labute approximate surface area is 219 Å². The zero-order valence-corrected chi connectivity index (χ0v) is 20.9. The van der Waals surface area contributed by atoms with Gasteiger partial charge in [-0.15, -0.1) is 0 Å². The van der Waals surface area contributed by atoms with E-state index in [9.17, 15) is 31.5 Å². The van der Waals surface area contributed by atoms with Crippen LogP contribution in [0, 0.1) is 25.5 Å². The number of nitrogens with one attached hydrogen (secondary N) is 2. The number of para-hydroxylation sites is 1. The zero-order chi connectivity index (χ0) is 28.3. The molecule has 1 aromatic carbocycles. The van der Waals surface area contributed by atoms with Gasteiger partial charge >= 0.3 is 12.2 Å². The molecule has 9 nitrogen and oxygen atoms in total. The van der Waals surface area contributed by atoms with E-state index in [1.165, 1.54) is 17.0 Å². The topological polar surface area (TPSA) is 113 Å². The molecule has 14 heteroatoms. The Balaban J connectivity index is 1.45. The summed E-state index contributed by atoms with van der Waals surface area (Å²) in [5, 5.41) is 4.84. The van der Waals surface area contributed by atoms with Gasteiger partial charge in [0.25, 0.3) is 5.91 Å². The molecule has 0 atom stereocenters. The first-order valence-electron chi connectivity index (χ1n) is 12.0. The van der Waals surface area contributed by atoms with Crippen molar-refractivity contribution in [2.75, 3.05) is 18.4 Å². The minimum atomic E-state index is -4.72. The number of likely N-dealkylation sites (tertiary alicyclic amines) is 1. The van der Waals surface area contributed by atoms with Gasteiger partial charge in [-0.25, -0.2) is 33.5 Å². The summed E-state index contributed by atoms with van der Waals surface area (Å²) in [6, 6.07) is 3.88. The van der Waals surface area contributed by atoms with Crippen LogP contribution in [0.1, 0.15) is 57.8 Å². The van der Waals surface area contributed by atoms with Crippen LogP contribution in [0.15, 0.2) is 30.5 Å². The third-order valence-corrected chi connectivity index (χ3v) is 6.22. The first kappa shape index (κ1) is 27.8. The second-order valence-electron chi connectivity index (χ2n) is 8.96. The van der Waals surface area contributed by atoms with Gasteiger partial charge in [-0.1, -0.05) is 6.07 Å². The molecule has 0 bridgehead atoms. The van der Waals surface area contributed by atoms with E-state index in [0.29, 0.717) is 30.1 Å². The van der Waals surface area contributed by atoms with E-state index in [-0.39, 0.29) is 36.8 Å². The monoisotopic (exact) mass is 549 g/mol. The molecule has 0 saturated carbocycles. The fourth-order valence-corrected chi connectivity index (χ4v) is 4.36. The number of piperidine rings is 1. The molecule has 39 heavy (non-hydrogen) atoms. The number of nitrogens with zero attached hydrogens (tertiary/aromatic N) is 5. The lowest BCUT2D eigenvalue weighted by molar-refractivity contribution is -0.145. The van der Waals surface area contributed by atoms with Crippen molar-refractivity contribution in [3.05, 3.63) is 76.4 Å². The maximum atomic E-state index is 13.9. The van der Waals surface area contributed by atoms with Gasteiger partial charge in [0.1, 0.15) is 23.1 Å². The van der Waals surface area contributed by atoms with Crippen molar-refractivity contribution in [2.24, 2.45) is 0 Å². The first-order valence-corrected chi connectivity index (χ1v) is 12.0. The number of amides is 3. The number of halogens is 5. The minimum Gasteiger partial charge on any atom is -0.346 e. The number of aromatic nitrogens is 4. The molecule has 2 aromatic heterocycles. The van der Waals surface area contributed by atoms with Gasteiger partial charge in [-0.05, 0) is 44.9 Å². The van der Waals surface area contributed by atoms with Gasteiger partial charge in [-0.2, -0.15) is 13.2 Å². The van der Waals surface area contributed by atoms with Crippen molar-refractivity contribution in [1.29, 1.82) is 0 Å². The number of alkyl halides is 3. The third kappa shape index (κ3) is 6.44. The third-order valence-electron chi connectivity index (χ3n) is 6.22. The SMILES string of the molecule is Cc1nc(C)c(C(=O)NCc2ccnc(C(F)(F)F)n2)c(C2CCN(C(=O)Nc3c(F)cccc3F)CC2)n1. The van der Waals surface area contributed by atoms with Crippen LogP contribution in [0.2, 0.25) is 0 Å². The molecule has 0 radical (unpaired) electrons. The summed E-state index contributed by atoms with van der Waals surface area (Å²) in [7, 11) is 0. The Morgan fingerprint density at radius 2 is 1.69 bits per heavy atom. The lowest BCUT2D eigenvalue weighted by Gasteiger charge is -2.32. The van der Waals surface area contributed by atoms with E-state index in [1.54, 1.807) is 13.8 Å². The van der Waals surface area contributed by atoms with Gasteiger partial charge in [-0.3, -0.25) is 4.79 Å². The van der Waals surface area contributed by atoms with Crippen LogP contribution < -0.4 is 10.6 Å². The summed E-state index contributed by atoms with van der Waals surface area (Å²) in [5.74, 6) is -3.48. The molecule has 1 aliphatic heterocycles. The number of rotatable bonds is 5. The predicted octanol–water partition coefficient (Wildman–Crippen LogP) is 4.52. The van der Waals surface area contributed by atoms with E-state index >= 15 is 0 Å². The lowest BCUT2D eigenvalue weighted by atomic mass is 9.89. The van der Waals surface area contributed by atoms with Gasteiger partial charge in [0.15, 0.2) is 0 Å². The van der Waals surface area contributed by atoms with E-state index in [2.05, 4.69) is 30.6 Å². The highest BCUT2D eigenvalue weighted by Gasteiger charge is 2.35. The Morgan fingerprint density at radius 1 is 1.03 bits per heavy atom. The van der Waals surface area contributed by atoms with E-state index in [0.717, 1.165) is 18.3 Å². The fraction of sp³-hybridized carbons (Fsp3) is 0.360. The highest BCUT2D eigenvalue weighted by atomic mass is 19.4. The second kappa shape index (κ2) is 11.3. The van der Waals surface area contributed by atoms with Crippen LogP contribution >= 0.6 is 0 Å². The highest BCUT2D eigenvalue weighted by Crippen LogP contribution is 2.31. The smallest absolute Gasteiger partial charge is 0.346 e. The summed E-state index contributed by atoms with van der Waals surface area (Å²) in [6.45, 7) is 3.49. The molecule has 1 fully saturated rings. The quantitative estimate of drug-likeness (QED) is 0.453. The lowest BCUT2D eigenvalue weighted by Crippen LogP contribution is -2.41. The van der Waals surface area contributed by atoms with Crippen molar-refractivity contribution in [3.8, 4) is 0 Å². The number of hydrogen-bond acceptors (Lipinski definition) is 6. The molecular formula is C25H24F5N7O2. The Morgan fingerprint density at radius 3 is 2.33 bits per heavy atom. The average Bonchev–Trinajstić information content (AvgIpc) is 2.88. The van der Waals surface area contributed by atoms with Crippen molar-refractivity contribution in [2.45, 2.75) is 45.3 Å². The van der Waals surface area contributed by atoms with Crippen LogP contribution in [0.4, 0.5) is 32.4 Å². The number of anilines is 1. The molecule has 1 aliphatic rings. The molecule has 3 heterocycles. The van der Waals surface area contributed by atoms with Crippen LogP contribution in [-0.4, -0.2) is 49.9 Å². The summed E-state index contributed by atoms with van der Waals surface area (Å²) in [5.41, 5.74) is 0.488. The van der Waals surface area contributed by atoms with Crippen molar-refractivity contribution in [3.63, 3.8) is 0 Å². The van der Waals surface area contributed by atoms with E-state index in [4.69, 9.17) is 0 Å². The van der Waals surface area contributed by atoms with Gasteiger partial charge in [0, 0.05) is 25.2 Å². The van der Waals surface area contributed by atoms with Gasteiger partial charge in [0.2, 0.25) is 5.82 Å². The standard InChI is InChI=1S/C25H24F5N7O2/c1-13-19(22(38)32-12-16-6-9-31-23(35-16)25(28,29)30)20(34-14(2)33-13)15-7-10-37(11-8-15)24(39)36-21-17(26)4-3-5-18(21)27/h3-6,9,15H,7-8,10-12H2,1-2H3,(H,32,38)(H,36,39). The molecule has 0 aliphatic carbocycles. The Bertz CT molecular complexity index is 1370. The molecule has 0 spiro atoms. The summed E-state index contributed by atoms with van der Waals surface area (Å²) in [6.07, 6.45) is -2.94. The van der Waals surface area contributed by atoms with Crippen LogP contribution in [0.3, 0.4) is 0 Å². The number of hydrogen-bond donors (Lipinski definition) is 2. The first-order chi connectivity index (χ1) is 18.4. The van der Waals surface area contributed by atoms with E-state index < -0.39 is 41.3 Å². The van der Waals surface area contributed by atoms with Crippen molar-refractivity contribution >= 4 is 17.6 Å². The number of carbonyl (C=O) groups excluding carboxylic acids is 2. The maximum Gasteiger partial charge on any atom is 0.451 e. The van der Waals surface area contributed by atoms with Crippen LogP contribution in [0.5, 0.6) is 0 Å². The fourth-order valence-electron chi connectivity index (χ4n) is 4.36. The molecule has 0 unspecified atom stereocenters. The van der Waals surface area contributed by atoms with E-state index in [1.807, 2.05) is 0 Å². The van der Waals surface area contributed by atoms with Crippen LogP contribution in [-0.2, 0) is 12.7 Å². The van der Waals surface area contributed by atoms with Crippen molar-refractivity contribution < 1.29 is 31.5 Å². The molecule has 2 N–H and O–H groups in total. The molecule has 3 amide bonds. The largest absolute Gasteiger partial charge is 0.451 e. The van der Waals surface area contributed by atoms with Gasteiger partial charge < -0.3 is 15.5 Å². The second-order valence-corrected chi connectivity index (χ2v) is 8.96. The van der Waals surface area contributed by atoms with Gasteiger partial charge in [0.05, 0.1) is 29.2 Å². The summed E-state index contributed by atoms with van der Waals surface area (Å²) >= 11 is 0. The zero-order valence-electron chi connectivity index (χ0n) is 20.9. The molecular weight excluding hydrogens is 525 g/mol.